The fourth-order valence-corrected chi connectivity index (χ4v) is 3.62. The van der Waals surface area contributed by atoms with Crippen molar-refractivity contribution in [2.45, 2.75) is 25.7 Å². The molecular weight excluding hydrogens is 234 g/mol. The minimum Gasteiger partial charge on any atom is -0.340 e. The Morgan fingerprint density at radius 3 is 2.94 bits per heavy atom. The predicted molar refractivity (Wildman–Crippen MR) is 67.3 cm³/mol. The van der Waals surface area contributed by atoms with E-state index in [1.54, 1.807) is 11.3 Å². The Kier molecular flexibility index (Phi) is 3.11. The van der Waals surface area contributed by atoms with Crippen molar-refractivity contribution >= 4 is 17.2 Å². The highest BCUT2D eigenvalue weighted by Crippen LogP contribution is 2.27. The van der Waals surface area contributed by atoms with Crippen LogP contribution < -0.4 is 5.32 Å². The van der Waals surface area contributed by atoms with Crippen LogP contribution in [-0.4, -0.2) is 42.0 Å². The van der Waals surface area contributed by atoms with E-state index < -0.39 is 0 Å². The van der Waals surface area contributed by atoms with E-state index in [9.17, 15) is 4.79 Å². The van der Waals surface area contributed by atoms with Gasteiger partial charge in [0.05, 0.1) is 12.1 Å². The molecule has 5 heteroatoms. The summed E-state index contributed by atoms with van der Waals surface area (Å²) >= 11 is 1.74. The molecule has 0 aromatic carbocycles. The zero-order chi connectivity index (χ0) is 11.7. The summed E-state index contributed by atoms with van der Waals surface area (Å²) in [6.07, 6.45) is 4.00. The lowest BCUT2D eigenvalue weighted by molar-refractivity contribution is -0.131. The first-order chi connectivity index (χ1) is 8.33. The van der Waals surface area contributed by atoms with Gasteiger partial charge in [-0.25, -0.2) is 4.98 Å². The number of aryl methyl sites for hydroxylation is 2. The highest BCUT2D eigenvalue weighted by molar-refractivity contribution is 7.11. The first kappa shape index (κ1) is 11.2. The lowest BCUT2D eigenvalue weighted by atomic mass is 10.3. The van der Waals surface area contributed by atoms with E-state index in [4.69, 9.17) is 0 Å². The van der Waals surface area contributed by atoms with Crippen LogP contribution in [0.3, 0.4) is 0 Å². The Balaban J connectivity index is 1.63. The average Bonchev–Trinajstić information content (AvgIpc) is 2.90. The number of rotatable bonds is 2. The van der Waals surface area contributed by atoms with Crippen molar-refractivity contribution in [3.8, 4) is 0 Å². The Bertz CT molecular complexity index is 402. The number of carbonyl (C=O) groups excluding carboxylic acids is 1. The largest absolute Gasteiger partial charge is 0.340 e. The lowest BCUT2D eigenvalue weighted by Crippen LogP contribution is -2.46. The molecule has 1 saturated heterocycles. The van der Waals surface area contributed by atoms with Gasteiger partial charge >= 0.3 is 0 Å². The molecular formula is C12H17N3OS. The summed E-state index contributed by atoms with van der Waals surface area (Å²) in [5.74, 6) is 0.235. The lowest BCUT2D eigenvalue weighted by Gasteiger charge is -2.27. The number of hydrogen-bond acceptors (Lipinski definition) is 4. The fraction of sp³-hybridized carbons (Fsp3) is 0.667. The molecule has 1 aromatic rings. The summed E-state index contributed by atoms with van der Waals surface area (Å²) in [6.45, 7) is 3.51. The number of nitrogens with zero attached hydrogens (tertiary/aromatic N) is 2. The van der Waals surface area contributed by atoms with E-state index >= 15 is 0 Å². The van der Waals surface area contributed by atoms with Crippen molar-refractivity contribution in [3.63, 3.8) is 0 Å². The summed E-state index contributed by atoms with van der Waals surface area (Å²) < 4.78 is 0. The third-order valence-electron chi connectivity index (χ3n) is 3.41. The van der Waals surface area contributed by atoms with E-state index in [0.717, 1.165) is 44.0 Å². The summed E-state index contributed by atoms with van der Waals surface area (Å²) in [5, 5.41) is 4.27. The van der Waals surface area contributed by atoms with Gasteiger partial charge in [0.15, 0.2) is 0 Å². The molecule has 2 heterocycles. The monoisotopic (exact) mass is 251 g/mol. The molecule has 3 rings (SSSR count). The van der Waals surface area contributed by atoms with E-state index in [-0.39, 0.29) is 5.91 Å². The molecule has 0 atom stereocenters. The number of fused-ring (bicyclic) bond motifs is 1. The molecule has 2 aliphatic rings. The number of aromatic nitrogens is 1. The Morgan fingerprint density at radius 1 is 1.35 bits per heavy atom. The molecule has 0 radical (unpaired) electrons. The fourth-order valence-electron chi connectivity index (χ4n) is 2.47. The number of hydrogen-bond donors (Lipinski definition) is 1. The van der Waals surface area contributed by atoms with Crippen molar-refractivity contribution in [2.75, 3.05) is 26.2 Å². The van der Waals surface area contributed by atoms with E-state index in [0.29, 0.717) is 6.42 Å². The Hall–Kier alpha value is -0.940. The smallest absolute Gasteiger partial charge is 0.229 e. The van der Waals surface area contributed by atoms with E-state index in [1.165, 1.54) is 17.0 Å². The second-order valence-electron chi connectivity index (χ2n) is 4.64. The van der Waals surface area contributed by atoms with Crippen molar-refractivity contribution in [2.24, 2.45) is 0 Å². The van der Waals surface area contributed by atoms with Crippen LogP contribution in [0, 0.1) is 0 Å². The SMILES string of the molecule is O=C(Cc1nc2c(s1)CCC2)N1CCNCC1. The highest BCUT2D eigenvalue weighted by Gasteiger charge is 2.21. The Labute approximate surface area is 105 Å². The summed E-state index contributed by atoms with van der Waals surface area (Å²) in [4.78, 5) is 20.0. The van der Waals surface area contributed by atoms with Crippen LogP contribution >= 0.6 is 11.3 Å². The third kappa shape index (κ3) is 2.35. The number of piperazine rings is 1. The quantitative estimate of drug-likeness (QED) is 0.837. The molecule has 1 N–H and O–H groups in total. The van der Waals surface area contributed by atoms with Gasteiger partial charge in [0, 0.05) is 31.1 Å². The number of thiazole rings is 1. The minimum absolute atomic E-state index is 0.235. The average molecular weight is 251 g/mol. The molecule has 0 spiro atoms. The van der Waals surface area contributed by atoms with Gasteiger partial charge in [0.1, 0.15) is 5.01 Å². The first-order valence-corrected chi connectivity index (χ1v) is 7.10. The van der Waals surface area contributed by atoms with Crippen molar-refractivity contribution in [1.29, 1.82) is 0 Å². The van der Waals surface area contributed by atoms with Gasteiger partial charge in [0.2, 0.25) is 5.91 Å². The molecule has 0 unspecified atom stereocenters. The second kappa shape index (κ2) is 4.74. The zero-order valence-electron chi connectivity index (χ0n) is 9.87. The summed E-state index contributed by atoms with van der Waals surface area (Å²) in [5.41, 5.74) is 1.25. The van der Waals surface area contributed by atoms with Gasteiger partial charge in [-0.1, -0.05) is 0 Å². The highest BCUT2D eigenvalue weighted by atomic mass is 32.1. The molecule has 0 bridgehead atoms. The van der Waals surface area contributed by atoms with Crippen LogP contribution in [0.4, 0.5) is 0 Å². The van der Waals surface area contributed by atoms with Gasteiger partial charge in [-0.2, -0.15) is 0 Å². The summed E-state index contributed by atoms with van der Waals surface area (Å²) in [7, 11) is 0. The predicted octanol–water partition coefficient (Wildman–Crippen LogP) is 0.606. The second-order valence-corrected chi connectivity index (χ2v) is 5.81. The molecule has 1 aliphatic heterocycles. The minimum atomic E-state index is 0.235. The number of carbonyl (C=O) groups is 1. The van der Waals surface area contributed by atoms with Crippen LogP contribution in [0.15, 0.2) is 0 Å². The maximum absolute atomic E-state index is 12.1. The number of amides is 1. The molecule has 1 aromatic heterocycles. The molecule has 1 aliphatic carbocycles. The number of nitrogens with one attached hydrogen (secondary N) is 1. The standard InChI is InChI=1S/C12H17N3OS/c16-12(15-6-4-13-5-7-15)8-11-14-9-2-1-3-10(9)17-11/h13H,1-8H2. The maximum Gasteiger partial charge on any atom is 0.229 e. The molecule has 92 valence electrons. The van der Waals surface area contributed by atoms with Gasteiger partial charge in [-0.15, -0.1) is 11.3 Å². The third-order valence-corrected chi connectivity index (χ3v) is 4.57. The van der Waals surface area contributed by atoms with E-state index in [2.05, 4.69) is 10.3 Å². The molecule has 1 fully saturated rings. The molecule has 1 amide bonds. The van der Waals surface area contributed by atoms with Crippen molar-refractivity contribution in [1.82, 2.24) is 15.2 Å². The zero-order valence-corrected chi connectivity index (χ0v) is 10.7. The normalized spacial score (nSPS) is 19.4. The van der Waals surface area contributed by atoms with Gasteiger partial charge < -0.3 is 10.2 Å². The van der Waals surface area contributed by atoms with Gasteiger partial charge in [-0.3, -0.25) is 4.79 Å². The van der Waals surface area contributed by atoms with Crippen LogP contribution in [-0.2, 0) is 24.1 Å². The maximum atomic E-state index is 12.1. The van der Waals surface area contributed by atoms with Crippen LogP contribution in [0.5, 0.6) is 0 Å². The topological polar surface area (TPSA) is 45.2 Å². The Morgan fingerprint density at radius 2 is 2.18 bits per heavy atom. The molecule has 0 saturated carbocycles. The van der Waals surface area contributed by atoms with E-state index in [1.807, 2.05) is 4.90 Å². The van der Waals surface area contributed by atoms with Crippen LogP contribution in [0.2, 0.25) is 0 Å². The summed E-state index contributed by atoms with van der Waals surface area (Å²) in [6, 6.07) is 0. The first-order valence-electron chi connectivity index (χ1n) is 6.29. The van der Waals surface area contributed by atoms with Crippen LogP contribution in [0.1, 0.15) is 22.0 Å². The van der Waals surface area contributed by atoms with Crippen LogP contribution in [0.25, 0.3) is 0 Å². The molecule has 4 nitrogen and oxygen atoms in total. The molecule has 17 heavy (non-hydrogen) atoms. The van der Waals surface area contributed by atoms with Crippen molar-refractivity contribution < 1.29 is 4.79 Å². The van der Waals surface area contributed by atoms with Crippen molar-refractivity contribution in [3.05, 3.63) is 15.6 Å². The van der Waals surface area contributed by atoms with Gasteiger partial charge in [-0.05, 0) is 19.3 Å². The van der Waals surface area contributed by atoms with Gasteiger partial charge in [0.25, 0.3) is 0 Å².